The van der Waals surface area contributed by atoms with Gasteiger partial charge in [-0.15, -0.1) is 0 Å². The molecule has 1 aliphatic heterocycles. The molecule has 1 aliphatic rings. The fourth-order valence-electron chi connectivity index (χ4n) is 2.89. The fourth-order valence-corrected chi connectivity index (χ4v) is 3.06. The zero-order valence-electron chi connectivity index (χ0n) is 13.6. The number of rotatable bonds is 2. The molecule has 0 atom stereocenters. The molecule has 2 aromatic carbocycles. The first-order valence-corrected chi connectivity index (χ1v) is 8.29. The van der Waals surface area contributed by atoms with E-state index in [2.05, 4.69) is 5.32 Å². The van der Waals surface area contributed by atoms with E-state index >= 15 is 0 Å². The molecule has 0 radical (unpaired) electrons. The fraction of sp³-hybridized carbons (Fsp3) is 0.0500. The van der Waals surface area contributed by atoms with Crippen molar-refractivity contribution in [3.05, 3.63) is 76.5 Å². The second-order valence-corrected chi connectivity index (χ2v) is 6.42. The maximum Gasteiger partial charge on any atom is 0.416 e. The summed E-state index contributed by atoms with van der Waals surface area (Å²) in [7, 11) is 0. The summed E-state index contributed by atoms with van der Waals surface area (Å²) in [6, 6.07) is 13.1. The monoisotopic (exact) mass is 389 g/mol. The first kappa shape index (κ1) is 17.4. The molecule has 3 aromatic rings. The van der Waals surface area contributed by atoms with Crippen LogP contribution in [0.4, 0.5) is 18.9 Å². The van der Waals surface area contributed by atoms with Crippen LogP contribution in [0.15, 0.2) is 59.0 Å². The minimum atomic E-state index is -4.43. The van der Waals surface area contributed by atoms with E-state index in [-0.39, 0.29) is 11.7 Å². The predicted octanol–water partition coefficient (Wildman–Crippen LogP) is 6.11. The van der Waals surface area contributed by atoms with Crippen LogP contribution in [0.2, 0.25) is 5.02 Å². The number of alkyl halides is 3. The summed E-state index contributed by atoms with van der Waals surface area (Å²) in [5.41, 5.74) is 1.23. The minimum Gasteiger partial charge on any atom is -0.457 e. The summed E-state index contributed by atoms with van der Waals surface area (Å²) in [5.74, 6) is 0.335. The first-order valence-electron chi connectivity index (χ1n) is 7.92. The van der Waals surface area contributed by atoms with Gasteiger partial charge in [-0.1, -0.05) is 29.8 Å². The second kappa shape index (κ2) is 6.32. The average Bonchev–Trinajstić information content (AvgIpc) is 3.19. The molecule has 27 heavy (non-hydrogen) atoms. The number of amides is 1. The van der Waals surface area contributed by atoms with E-state index in [0.29, 0.717) is 33.2 Å². The highest BCUT2D eigenvalue weighted by Crippen LogP contribution is 2.36. The Hall–Kier alpha value is -2.99. The molecular formula is C20H11ClF3NO2. The Kier molecular flexibility index (Phi) is 4.08. The molecule has 3 nitrogen and oxygen atoms in total. The predicted molar refractivity (Wildman–Crippen MR) is 97.1 cm³/mol. The quantitative estimate of drug-likeness (QED) is 0.537. The van der Waals surface area contributed by atoms with Crippen molar-refractivity contribution in [3.8, 4) is 11.3 Å². The van der Waals surface area contributed by atoms with Crippen LogP contribution in [0.25, 0.3) is 23.0 Å². The SMILES string of the molecule is O=C1Nc2cc(Cl)ccc2/C1=C\c1ccc(-c2cccc(C(F)(F)F)c2)o1. The van der Waals surface area contributed by atoms with Crippen LogP contribution in [0.1, 0.15) is 16.9 Å². The van der Waals surface area contributed by atoms with Gasteiger partial charge >= 0.3 is 6.18 Å². The summed E-state index contributed by atoms with van der Waals surface area (Å²) < 4.78 is 44.3. The lowest BCUT2D eigenvalue weighted by molar-refractivity contribution is -0.137. The number of nitrogens with one attached hydrogen (secondary N) is 1. The Balaban J connectivity index is 1.69. The molecule has 136 valence electrons. The van der Waals surface area contributed by atoms with Crippen molar-refractivity contribution in [3.63, 3.8) is 0 Å². The van der Waals surface area contributed by atoms with E-state index in [1.165, 1.54) is 12.1 Å². The number of carbonyl (C=O) groups excluding carboxylic acids is 1. The summed E-state index contributed by atoms with van der Waals surface area (Å²) in [4.78, 5) is 12.2. The van der Waals surface area contributed by atoms with Gasteiger partial charge < -0.3 is 9.73 Å². The van der Waals surface area contributed by atoms with Gasteiger partial charge in [0.1, 0.15) is 11.5 Å². The number of fused-ring (bicyclic) bond motifs is 1. The largest absolute Gasteiger partial charge is 0.457 e. The zero-order valence-corrected chi connectivity index (χ0v) is 14.4. The molecular weight excluding hydrogens is 379 g/mol. The van der Waals surface area contributed by atoms with Crippen LogP contribution in [-0.4, -0.2) is 5.91 Å². The van der Waals surface area contributed by atoms with Crippen molar-refractivity contribution in [1.82, 2.24) is 0 Å². The molecule has 0 saturated carbocycles. The lowest BCUT2D eigenvalue weighted by Crippen LogP contribution is -2.04. The van der Waals surface area contributed by atoms with Crippen LogP contribution < -0.4 is 5.32 Å². The van der Waals surface area contributed by atoms with Crippen molar-refractivity contribution in [2.24, 2.45) is 0 Å². The number of carbonyl (C=O) groups is 1. The lowest BCUT2D eigenvalue weighted by Gasteiger charge is -2.07. The lowest BCUT2D eigenvalue weighted by atomic mass is 10.1. The number of anilines is 1. The zero-order chi connectivity index (χ0) is 19.2. The molecule has 0 bridgehead atoms. The van der Waals surface area contributed by atoms with Gasteiger partial charge in [0, 0.05) is 16.1 Å². The molecule has 0 fully saturated rings. The third-order valence-corrected chi connectivity index (χ3v) is 4.39. The molecule has 2 heterocycles. The Labute approximate surface area is 157 Å². The smallest absolute Gasteiger partial charge is 0.416 e. The third-order valence-electron chi connectivity index (χ3n) is 4.15. The summed E-state index contributed by atoms with van der Waals surface area (Å²) >= 11 is 5.93. The van der Waals surface area contributed by atoms with Gasteiger partial charge in [-0.25, -0.2) is 0 Å². The minimum absolute atomic E-state index is 0.280. The third kappa shape index (κ3) is 3.36. The topological polar surface area (TPSA) is 42.2 Å². The number of hydrogen-bond acceptors (Lipinski definition) is 2. The van der Waals surface area contributed by atoms with Crippen molar-refractivity contribution in [1.29, 1.82) is 0 Å². The van der Waals surface area contributed by atoms with Crippen LogP contribution in [0.3, 0.4) is 0 Å². The van der Waals surface area contributed by atoms with E-state index in [0.717, 1.165) is 12.1 Å². The molecule has 1 amide bonds. The molecule has 0 saturated heterocycles. The Bertz CT molecular complexity index is 1080. The van der Waals surface area contributed by atoms with Gasteiger partial charge in [-0.05, 0) is 42.5 Å². The summed E-state index contributed by atoms with van der Waals surface area (Å²) in [6.45, 7) is 0. The van der Waals surface area contributed by atoms with Crippen LogP contribution in [0, 0.1) is 0 Å². The molecule has 0 unspecified atom stereocenters. The van der Waals surface area contributed by atoms with E-state index in [9.17, 15) is 18.0 Å². The van der Waals surface area contributed by atoms with Gasteiger partial charge in [0.25, 0.3) is 5.91 Å². The van der Waals surface area contributed by atoms with Crippen LogP contribution in [0.5, 0.6) is 0 Å². The van der Waals surface area contributed by atoms with E-state index < -0.39 is 11.7 Å². The second-order valence-electron chi connectivity index (χ2n) is 5.98. The number of benzene rings is 2. The Morgan fingerprint density at radius 3 is 2.63 bits per heavy atom. The number of halogens is 4. The number of furan rings is 1. The normalized spacial score (nSPS) is 15.1. The molecule has 0 spiro atoms. The van der Waals surface area contributed by atoms with Gasteiger partial charge in [0.05, 0.1) is 16.8 Å². The maximum atomic E-state index is 12.9. The van der Waals surface area contributed by atoms with E-state index in [4.69, 9.17) is 16.0 Å². The molecule has 1 N–H and O–H groups in total. The summed E-state index contributed by atoms with van der Waals surface area (Å²) in [6.07, 6.45) is -2.88. The molecule has 4 rings (SSSR count). The molecule has 0 aliphatic carbocycles. The maximum absolute atomic E-state index is 12.9. The summed E-state index contributed by atoms with van der Waals surface area (Å²) in [5, 5.41) is 3.21. The van der Waals surface area contributed by atoms with Crippen LogP contribution in [-0.2, 0) is 11.0 Å². The van der Waals surface area contributed by atoms with E-state index in [1.807, 2.05) is 0 Å². The molecule has 7 heteroatoms. The highest BCUT2D eigenvalue weighted by Gasteiger charge is 2.30. The highest BCUT2D eigenvalue weighted by molar-refractivity contribution is 6.36. The van der Waals surface area contributed by atoms with Gasteiger partial charge in [0.15, 0.2) is 0 Å². The number of hydrogen-bond donors (Lipinski definition) is 1. The molecule has 1 aromatic heterocycles. The van der Waals surface area contributed by atoms with Crippen LogP contribution >= 0.6 is 11.6 Å². The van der Waals surface area contributed by atoms with Gasteiger partial charge in [0.2, 0.25) is 0 Å². The van der Waals surface area contributed by atoms with Gasteiger partial charge in [-0.2, -0.15) is 13.2 Å². The van der Waals surface area contributed by atoms with Crippen molar-refractivity contribution in [2.45, 2.75) is 6.18 Å². The Morgan fingerprint density at radius 2 is 1.85 bits per heavy atom. The van der Waals surface area contributed by atoms with Gasteiger partial charge in [-0.3, -0.25) is 4.79 Å². The Morgan fingerprint density at radius 1 is 1.04 bits per heavy atom. The van der Waals surface area contributed by atoms with Crippen molar-refractivity contribution < 1.29 is 22.4 Å². The first-order chi connectivity index (χ1) is 12.8. The highest BCUT2D eigenvalue weighted by atomic mass is 35.5. The standard InChI is InChI=1S/C20H11ClF3NO2/c21-13-4-6-15-16(19(26)25-17(15)9-13)10-14-5-7-18(27-14)11-2-1-3-12(8-11)20(22,23)24/h1-10H,(H,25,26)/b16-10+. The van der Waals surface area contributed by atoms with Crippen molar-refractivity contribution in [2.75, 3.05) is 5.32 Å². The van der Waals surface area contributed by atoms with E-state index in [1.54, 1.807) is 36.4 Å². The average molecular weight is 390 g/mol. The van der Waals surface area contributed by atoms with Crippen molar-refractivity contribution >= 4 is 34.8 Å².